The van der Waals surface area contributed by atoms with E-state index < -0.39 is 0 Å². The topological polar surface area (TPSA) is 35.0 Å². The van der Waals surface area contributed by atoms with Crippen LogP contribution in [0.1, 0.15) is 24.8 Å². The SMILES string of the molecule is COC(c1nc(Cl)c(-c2cccc(F)c2)c(Cl)n1)C1CC1. The Morgan fingerprint density at radius 2 is 1.90 bits per heavy atom. The molecular weight excluding hydrogens is 314 g/mol. The summed E-state index contributed by atoms with van der Waals surface area (Å²) in [7, 11) is 1.62. The number of aromatic nitrogens is 2. The van der Waals surface area contributed by atoms with Gasteiger partial charge in [0.25, 0.3) is 0 Å². The molecule has 0 saturated heterocycles. The minimum Gasteiger partial charge on any atom is -0.373 e. The average molecular weight is 327 g/mol. The van der Waals surface area contributed by atoms with Gasteiger partial charge in [0.15, 0.2) is 5.82 Å². The molecule has 0 spiro atoms. The highest BCUT2D eigenvalue weighted by Crippen LogP contribution is 2.43. The van der Waals surface area contributed by atoms with Gasteiger partial charge in [0.1, 0.15) is 22.2 Å². The van der Waals surface area contributed by atoms with Gasteiger partial charge in [-0.25, -0.2) is 14.4 Å². The minimum absolute atomic E-state index is 0.193. The molecule has 1 unspecified atom stereocenters. The zero-order chi connectivity index (χ0) is 15.0. The van der Waals surface area contributed by atoms with E-state index >= 15 is 0 Å². The Kier molecular flexibility index (Phi) is 4.11. The number of benzene rings is 1. The molecule has 1 aliphatic rings. The van der Waals surface area contributed by atoms with E-state index in [9.17, 15) is 4.39 Å². The molecule has 3 rings (SSSR count). The van der Waals surface area contributed by atoms with Crippen molar-refractivity contribution in [3.8, 4) is 11.1 Å². The summed E-state index contributed by atoms with van der Waals surface area (Å²) in [6, 6.07) is 6.01. The summed E-state index contributed by atoms with van der Waals surface area (Å²) in [5.74, 6) is 0.536. The third kappa shape index (κ3) is 3.03. The quantitative estimate of drug-likeness (QED) is 0.764. The lowest BCUT2D eigenvalue weighted by Gasteiger charge is -2.15. The Bertz CT molecular complexity index is 653. The van der Waals surface area contributed by atoms with E-state index in [2.05, 4.69) is 9.97 Å². The van der Waals surface area contributed by atoms with Gasteiger partial charge in [-0.05, 0) is 36.5 Å². The first-order valence-corrected chi connectivity index (χ1v) is 7.37. The third-order valence-corrected chi connectivity index (χ3v) is 4.06. The maximum Gasteiger partial charge on any atom is 0.160 e. The van der Waals surface area contributed by atoms with Crippen LogP contribution in [-0.2, 0) is 4.74 Å². The van der Waals surface area contributed by atoms with E-state index in [0.717, 1.165) is 12.8 Å². The molecule has 0 N–H and O–H groups in total. The van der Waals surface area contributed by atoms with Crippen molar-refractivity contribution in [1.82, 2.24) is 9.97 Å². The van der Waals surface area contributed by atoms with E-state index in [1.54, 1.807) is 19.2 Å². The average Bonchev–Trinajstić information content (AvgIpc) is 3.23. The largest absolute Gasteiger partial charge is 0.373 e. The smallest absolute Gasteiger partial charge is 0.160 e. The molecular formula is C15H13Cl2FN2O. The summed E-state index contributed by atoms with van der Waals surface area (Å²) in [5.41, 5.74) is 0.990. The molecule has 3 nitrogen and oxygen atoms in total. The molecule has 1 aromatic carbocycles. The zero-order valence-electron chi connectivity index (χ0n) is 11.3. The summed E-state index contributed by atoms with van der Waals surface area (Å²) in [6.45, 7) is 0. The Morgan fingerprint density at radius 1 is 1.24 bits per heavy atom. The minimum atomic E-state index is -0.364. The number of hydrogen-bond donors (Lipinski definition) is 0. The first kappa shape index (κ1) is 14.7. The molecule has 2 aromatic rings. The van der Waals surface area contributed by atoms with Gasteiger partial charge in [-0.2, -0.15) is 0 Å². The molecule has 21 heavy (non-hydrogen) atoms. The number of hydrogen-bond acceptors (Lipinski definition) is 3. The Hall–Kier alpha value is -1.23. The molecule has 0 bridgehead atoms. The second kappa shape index (κ2) is 5.87. The lowest BCUT2D eigenvalue weighted by molar-refractivity contribution is 0.0772. The van der Waals surface area contributed by atoms with Crippen LogP contribution in [0.4, 0.5) is 4.39 Å². The number of nitrogens with zero attached hydrogens (tertiary/aromatic N) is 2. The molecule has 0 radical (unpaired) electrons. The van der Waals surface area contributed by atoms with Crippen LogP contribution in [-0.4, -0.2) is 17.1 Å². The lowest BCUT2D eigenvalue weighted by Crippen LogP contribution is -2.10. The molecule has 1 saturated carbocycles. The predicted octanol–water partition coefficient (Wildman–Crippen LogP) is 4.69. The third-order valence-electron chi connectivity index (χ3n) is 3.51. The second-order valence-corrected chi connectivity index (χ2v) is 5.76. The normalized spacial score (nSPS) is 16.0. The van der Waals surface area contributed by atoms with Crippen LogP contribution in [0.2, 0.25) is 10.3 Å². The summed E-state index contributed by atoms with van der Waals surface area (Å²) in [4.78, 5) is 8.59. The fraction of sp³-hybridized carbons (Fsp3) is 0.333. The van der Waals surface area contributed by atoms with Gasteiger partial charge in [0.2, 0.25) is 0 Å². The molecule has 0 aliphatic heterocycles. The van der Waals surface area contributed by atoms with Crippen LogP contribution in [0.3, 0.4) is 0 Å². The van der Waals surface area contributed by atoms with Crippen molar-refractivity contribution in [3.63, 3.8) is 0 Å². The molecule has 1 heterocycles. The van der Waals surface area contributed by atoms with E-state index in [0.29, 0.717) is 22.9 Å². The van der Waals surface area contributed by atoms with Crippen LogP contribution in [0.15, 0.2) is 24.3 Å². The summed E-state index contributed by atoms with van der Waals surface area (Å²) in [6.07, 6.45) is 1.98. The number of methoxy groups -OCH3 is 1. The number of ether oxygens (including phenoxy) is 1. The van der Waals surface area contributed by atoms with Gasteiger partial charge in [0.05, 0.1) is 5.56 Å². The van der Waals surface area contributed by atoms with Gasteiger partial charge >= 0.3 is 0 Å². The maximum absolute atomic E-state index is 13.3. The van der Waals surface area contributed by atoms with Crippen LogP contribution in [0.25, 0.3) is 11.1 Å². The predicted molar refractivity (Wildman–Crippen MR) is 79.9 cm³/mol. The highest BCUT2D eigenvalue weighted by Gasteiger charge is 2.35. The van der Waals surface area contributed by atoms with Crippen LogP contribution < -0.4 is 0 Å². The molecule has 1 aromatic heterocycles. The van der Waals surface area contributed by atoms with E-state index in [4.69, 9.17) is 27.9 Å². The van der Waals surface area contributed by atoms with Crippen molar-refractivity contribution < 1.29 is 9.13 Å². The number of halogens is 3. The molecule has 110 valence electrons. The molecule has 1 aliphatic carbocycles. The summed E-state index contributed by atoms with van der Waals surface area (Å²) in [5, 5.41) is 0.414. The molecule has 0 amide bonds. The Balaban J connectivity index is 2.03. The van der Waals surface area contributed by atoms with Crippen molar-refractivity contribution in [2.24, 2.45) is 5.92 Å². The first-order valence-electron chi connectivity index (χ1n) is 6.62. The van der Waals surface area contributed by atoms with Gasteiger partial charge in [-0.3, -0.25) is 0 Å². The Labute approximate surface area is 132 Å². The highest BCUT2D eigenvalue weighted by atomic mass is 35.5. The van der Waals surface area contributed by atoms with Gasteiger partial charge < -0.3 is 4.74 Å². The van der Waals surface area contributed by atoms with E-state index in [1.165, 1.54) is 12.1 Å². The fourth-order valence-electron chi connectivity index (χ4n) is 2.34. The van der Waals surface area contributed by atoms with Gasteiger partial charge in [-0.15, -0.1) is 0 Å². The molecule has 1 fully saturated rings. The molecule has 6 heteroatoms. The van der Waals surface area contributed by atoms with Crippen molar-refractivity contribution in [2.75, 3.05) is 7.11 Å². The van der Waals surface area contributed by atoms with Crippen molar-refractivity contribution in [3.05, 3.63) is 46.2 Å². The van der Waals surface area contributed by atoms with Gasteiger partial charge in [0, 0.05) is 7.11 Å². The van der Waals surface area contributed by atoms with Crippen LogP contribution >= 0.6 is 23.2 Å². The fourth-order valence-corrected chi connectivity index (χ4v) is 2.96. The van der Waals surface area contributed by atoms with Crippen molar-refractivity contribution in [1.29, 1.82) is 0 Å². The lowest BCUT2D eigenvalue weighted by atomic mass is 10.1. The zero-order valence-corrected chi connectivity index (χ0v) is 12.8. The molecule has 1 atom stereocenters. The maximum atomic E-state index is 13.3. The first-order chi connectivity index (χ1) is 10.1. The van der Waals surface area contributed by atoms with Gasteiger partial charge in [-0.1, -0.05) is 35.3 Å². The van der Waals surface area contributed by atoms with Crippen LogP contribution in [0.5, 0.6) is 0 Å². The van der Waals surface area contributed by atoms with E-state index in [-0.39, 0.29) is 22.2 Å². The van der Waals surface area contributed by atoms with Crippen molar-refractivity contribution >= 4 is 23.2 Å². The van der Waals surface area contributed by atoms with Crippen molar-refractivity contribution in [2.45, 2.75) is 18.9 Å². The van der Waals surface area contributed by atoms with Crippen LogP contribution in [0, 0.1) is 11.7 Å². The summed E-state index contributed by atoms with van der Waals surface area (Å²) < 4.78 is 18.8. The standard InChI is InChI=1S/C15H13Cl2FN2O/c1-21-12(8-5-6-8)15-19-13(16)11(14(17)20-15)9-3-2-4-10(18)7-9/h2-4,7-8,12H,5-6H2,1H3. The number of rotatable bonds is 4. The monoisotopic (exact) mass is 326 g/mol. The summed E-state index contributed by atoms with van der Waals surface area (Å²) >= 11 is 12.5. The van der Waals surface area contributed by atoms with E-state index in [1.807, 2.05) is 0 Å². The second-order valence-electron chi connectivity index (χ2n) is 5.04. The Morgan fingerprint density at radius 3 is 2.43 bits per heavy atom. The highest BCUT2D eigenvalue weighted by molar-refractivity contribution is 6.37.